The molecule has 33 heavy (non-hydrogen) atoms. The molecule has 0 saturated carbocycles. The molecule has 3 aromatic rings. The van der Waals surface area contributed by atoms with Gasteiger partial charge in [0, 0.05) is 13.1 Å². The van der Waals surface area contributed by atoms with Crippen LogP contribution in [0.3, 0.4) is 0 Å². The Labute approximate surface area is 199 Å². The second-order valence-corrected chi connectivity index (χ2v) is 8.68. The lowest BCUT2D eigenvalue weighted by Crippen LogP contribution is -2.36. The topological polar surface area (TPSA) is 61.4 Å². The lowest BCUT2D eigenvalue weighted by molar-refractivity contribution is -0.120. The number of carbonyl (C=O) groups is 2. The zero-order chi connectivity index (χ0) is 23.0. The lowest BCUT2D eigenvalue weighted by Gasteiger charge is -2.15. The Morgan fingerprint density at radius 3 is 2.30 bits per heavy atom. The summed E-state index contributed by atoms with van der Waals surface area (Å²) in [4.78, 5) is 27.1. The Morgan fingerprint density at radius 1 is 0.848 bits per heavy atom. The van der Waals surface area contributed by atoms with Gasteiger partial charge < -0.3 is 10.6 Å². The zero-order valence-corrected chi connectivity index (χ0v) is 19.3. The summed E-state index contributed by atoms with van der Waals surface area (Å²) in [5.74, 6) is -0.628. The van der Waals surface area contributed by atoms with Gasteiger partial charge in [-0.25, -0.2) is 0 Å². The number of likely N-dealkylation sites (tertiary alicyclic amines) is 1. The Hall–Kier alpha value is -3.15. The van der Waals surface area contributed by atoms with Crippen LogP contribution in [-0.2, 0) is 17.9 Å². The van der Waals surface area contributed by atoms with Crippen LogP contribution in [-0.4, -0.2) is 36.3 Å². The molecule has 2 amide bonds. The predicted octanol–water partition coefficient (Wildman–Crippen LogP) is 4.65. The van der Waals surface area contributed by atoms with E-state index < -0.39 is 0 Å². The van der Waals surface area contributed by atoms with Crippen LogP contribution < -0.4 is 10.6 Å². The second-order valence-electron chi connectivity index (χ2n) is 8.28. The molecular weight excluding hydrogens is 434 g/mol. The Balaban J connectivity index is 1.33. The highest BCUT2D eigenvalue weighted by Gasteiger charge is 2.13. The van der Waals surface area contributed by atoms with Crippen LogP contribution in [0.4, 0.5) is 0 Å². The average molecular weight is 462 g/mol. The smallest absolute Gasteiger partial charge is 0.253 e. The van der Waals surface area contributed by atoms with Gasteiger partial charge in [-0.1, -0.05) is 72.3 Å². The molecule has 0 bridgehead atoms. The van der Waals surface area contributed by atoms with Crippen molar-refractivity contribution in [3.05, 3.63) is 94.5 Å². The summed E-state index contributed by atoms with van der Waals surface area (Å²) in [7, 11) is 0. The van der Waals surface area contributed by atoms with E-state index in [2.05, 4.69) is 45.9 Å². The fourth-order valence-corrected chi connectivity index (χ4v) is 4.32. The summed E-state index contributed by atoms with van der Waals surface area (Å²) in [5.41, 5.74) is 4.91. The first-order chi connectivity index (χ1) is 16.1. The number of hydrogen-bond acceptors (Lipinski definition) is 3. The quantitative estimate of drug-likeness (QED) is 0.513. The molecule has 5 nitrogen and oxygen atoms in total. The zero-order valence-electron chi connectivity index (χ0n) is 18.5. The van der Waals surface area contributed by atoms with Gasteiger partial charge in [0.15, 0.2) is 0 Å². The van der Waals surface area contributed by atoms with Crippen molar-refractivity contribution in [2.24, 2.45) is 0 Å². The van der Waals surface area contributed by atoms with Crippen molar-refractivity contribution in [3.8, 4) is 11.1 Å². The first-order valence-corrected chi connectivity index (χ1v) is 11.7. The maximum absolute atomic E-state index is 12.3. The number of nitrogens with one attached hydrogen (secondary N) is 2. The van der Waals surface area contributed by atoms with Crippen LogP contribution in [0.25, 0.3) is 11.1 Å². The van der Waals surface area contributed by atoms with Crippen molar-refractivity contribution in [2.45, 2.75) is 25.9 Å². The Bertz CT molecular complexity index is 1110. The van der Waals surface area contributed by atoms with Gasteiger partial charge in [0.25, 0.3) is 5.91 Å². The Morgan fingerprint density at radius 2 is 1.55 bits per heavy atom. The number of amides is 2. The molecule has 1 heterocycles. The monoisotopic (exact) mass is 461 g/mol. The minimum Gasteiger partial charge on any atom is -0.350 e. The first kappa shape index (κ1) is 23.0. The van der Waals surface area contributed by atoms with Crippen molar-refractivity contribution in [1.29, 1.82) is 0 Å². The largest absolute Gasteiger partial charge is 0.350 e. The summed E-state index contributed by atoms with van der Waals surface area (Å²) in [5, 5.41) is 5.87. The molecule has 1 aliphatic heterocycles. The predicted molar refractivity (Wildman–Crippen MR) is 132 cm³/mol. The third-order valence-electron chi connectivity index (χ3n) is 5.89. The molecule has 170 valence electrons. The van der Waals surface area contributed by atoms with Gasteiger partial charge in [0.2, 0.25) is 5.91 Å². The van der Waals surface area contributed by atoms with Crippen LogP contribution in [0, 0.1) is 0 Å². The number of rotatable bonds is 8. The molecule has 0 aromatic heterocycles. The van der Waals surface area contributed by atoms with Crippen LogP contribution in [0.2, 0.25) is 5.02 Å². The van der Waals surface area contributed by atoms with Gasteiger partial charge in [-0.2, -0.15) is 0 Å². The van der Waals surface area contributed by atoms with E-state index in [1.54, 1.807) is 24.3 Å². The Kier molecular flexibility index (Phi) is 7.76. The van der Waals surface area contributed by atoms with E-state index in [1.807, 2.05) is 18.2 Å². The molecule has 0 radical (unpaired) electrons. The van der Waals surface area contributed by atoms with E-state index in [0.29, 0.717) is 17.1 Å². The van der Waals surface area contributed by atoms with Gasteiger partial charge in [0.05, 0.1) is 17.1 Å². The van der Waals surface area contributed by atoms with Crippen LogP contribution in [0.15, 0.2) is 72.8 Å². The SMILES string of the molecule is O=C(CNC(=O)c1ccccc1Cl)NCc1ccccc1-c1ccc(CN2CCCC2)cc1. The summed E-state index contributed by atoms with van der Waals surface area (Å²) in [6.07, 6.45) is 2.59. The number of halogens is 1. The van der Waals surface area contributed by atoms with Gasteiger partial charge in [-0.3, -0.25) is 14.5 Å². The van der Waals surface area contributed by atoms with Crippen molar-refractivity contribution < 1.29 is 9.59 Å². The highest BCUT2D eigenvalue weighted by Crippen LogP contribution is 2.25. The fourth-order valence-electron chi connectivity index (χ4n) is 4.10. The van der Waals surface area contributed by atoms with Crippen molar-refractivity contribution in [2.75, 3.05) is 19.6 Å². The lowest BCUT2D eigenvalue weighted by atomic mass is 9.98. The van der Waals surface area contributed by atoms with E-state index in [4.69, 9.17) is 11.6 Å². The molecule has 0 spiro atoms. The summed E-state index contributed by atoms with van der Waals surface area (Å²) in [6.45, 7) is 3.63. The van der Waals surface area contributed by atoms with Crippen LogP contribution in [0.5, 0.6) is 0 Å². The normalized spacial score (nSPS) is 13.6. The summed E-state index contributed by atoms with van der Waals surface area (Å²) in [6, 6.07) is 23.5. The number of hydrogen-bond donors (Lipinski definition) is 2. The minimum absolute atomic E-state index is 0.114. The highest BCUT2D eigenvalue weighted by atomic mass is 35.5. The molecule has 2 N–H and O–H groups in total. The van der Waals surface area contributed by atoms with E-state index in [0.717, 1.165) is 23.2 Å². The molecule has 1 fully saturated rings. The molecule has 0 aliphatic carbocycles. The van der Waals surface area contributed by atoms with E-state index in [9.17, 15) is 9.59 Å². The molecule has 0 unspecified atom stereocenters. The second kappa shape index (κ2) is 11.1. The van der Waals surface area contributed by atoms with Gasteiger partial charge in [-0.15, -0.1) is 0 Å². The number of nitrogens with zero attached hydrogens (tertiary/aromatic N) is 1. The average Bonchev–Trinajstić information content (AvgIpc) is 3.35. The molecule has 1 aliphatic rings. The summed E-state index contributed by atoms with van der Waals surface area (Å²) < 4.78 is 0. The minimum atomic E-state index is -0.370. The van der Waals surface area contributed by atoms with E-state index >= 15 is 0 Å². The van der Waals surface area contributed by atoms with Crippen molar-refractivity contribution in [1.82, 2.24) is 15.5 Å². The molecule has 4 rings (SSSR count). The molecular formula is C27H28ClN3O2. The third-order valence-corrected chi connectivity index (χ3v) is 6.22. The fraction of sp³-hybridized carbons (Fsp3) is 0.259. The first-order valence-electron chi connectivity index (χ1n) is 11.3. The van der Waals surface area contributed by atoms with Gasteiger partial charge in [-0.05, 0) is 60.3 Å². The van der Waals surface area contributed by atoms with E-state index in [1.165, 1.54) is 31.5 Å². The maximum atomic E-state index is 12.3. The van der Waals surface area contributed by atoms with Crippen LogP contribution >= 0.6 is 11.6 Å². The summed E-state index contributed by atoms with van der Waals surface area (Å²) >= 11 is 6.04. The van der Waals surface area contributed by atoms with Crippen LogP contribution in [0.1, 0.15) is 34.3 Å². The molecule has 6 heteroatoms. The molecule has 3 aromatic carbocycles. The highest BCUT2D eigenvalue weighted by molar-refractivity contribution is 6.33. The van der Waals surface area contributed by atoms with Crippen molar-refractivity contribution >= 4 is 23.4 Å². The molecule has 1 saturated heterocycles. The number of carbonyl (C=O) groups excluding carboxylic acids is 2. The van der Waals surface area contributed by atoms with Crippen molar-refractivity contribution in [3.63, 3.8) is 0 Å². The van der Waals surface area contributed by atoms with Gasteiger partial charge >= 0.3 is 0 Å². The maximum Gasteiger partial charge on any atom is 0.253 e. The standard InChI is InChI=1S/C27H28ClN3O2/c28-25-10-4-3-9-24(25)27(33)30-18-26(32)29-17-22-7-1-2-8-23(22)21-13-11-20(12-14-21)19-31-15-5-6-16-31/h1-4,7-14H,5-6,15-19H2,(H,29,32)(H,30,33). The molecule has 0 atom stereocenters. The van der Waals surface area contributed by atoms with Gasteiger partial charge in [0.1, 0.15) is 0 Å². The third kappa shape index (κ3) is 6.21. The number of benzene rings is 3. The van der Waals surface area contributed by atoms with E-state index in [-0.39, 0.29) is 18.4 Å².